The third-order valence-corrected chi connectivity index (χ3v) is 6.14. The molecule has 0 fully saturated rings. The van der Waals surface area contributed by atoms with Crippen LogP contribution in [0.5, 0.6) is 0 Å². The van der Waals surface area contributed by atoms with E-state index in [9.17, 15) is 30.0 Å². The second-order valence-corrected chi connectivity index (χ2v) is 9.53. The molecule has 4 atom stereocenters. The summed E-state index contributed by atoms with van der Waals surface area (Å²) in [5, 5.41) is 41.5. The van der Waals surface area contributed by atoms with Crippen LogP contribution in [-0.4, -0.2) is 88.4 Å². The molecule has 0 saturated heterocycles. The zero-order chi connectivity index (χ0) is 28.4. The Morgan fingerprint density at radius 2 is 1.53 bits per heavy atom. The summed E-state index contributed by atoms with van der Waals surface area (Å²) in [7, 11) is 1.54. The molecule has 5 N–H and O–H groups in total. The fraction of sp³-hybridized carbons (Fsp3) is 0.500. The number of nitrogens with zero attached hydrogens (tertiary/aromatic N) is 2. The monoisotopic (exact) mass is 531 g/mol. The Labute approximate surface area is 224 Å². The largest absolute Gasteiger partial charge is 0.388 e. The van der Waals surface area contributed by atoms with Crippen LogP contribution in [0.25, 0.3) is 0 Å². The number of aryl methyl sites for hydroxylation is 2. The third-order valence-electron chi connectivity index (χ3n) is 6.14. The van der Waals surface area contributed by atoms with Crippen molar-refractivity contribution in [1.29, 1.82) is 0 Å². The third kappa shape index (κ3) is 8.50. The summed E-state index contributed by atoms with van der Waals surface area (Å²) >= 11 is 0. The van der Waals surface area contributed by atoms with Gasteiger partial charge < -0.3 is 30.2 Å². The number of carbonyl (C=O) groups is 2. The number of amides is 2. The highest BCUT2D eigenvalue weighted by atomic mass is 16.7. The number of rotatable bonds is 14. The molecular weight excluding hydrogens is 490 g/mol. The molecule has 0 aliphatic carbocycles. The quantitative estimate of drug-likeness (QED) is 0.183. The number of carbonyl (C=O) groups excluding carboxylic acids is 2. The first-order chi connectivity index (χ1) is 18.0. The number of hydrogen-bond acceptors (Lipinski definition) is 8. The van der Waals surface area contributed by atoms with E-state index < -0.39 is 37.1 Å². The van der Waals surface area contributed by atoms with Crippen molar-refractivity contribution >= 4 is 17.5 Å². The molecule has 0 aromatic heterocycles. The van der Waals surface area contributed by atoms with Crippen LogP contribution in [0, 0.1) is 13.8 Å². The topological polar surface area (TPSA) is 143 Å². The van der Waals surface area contributed by atoms with Crippen molar-refractivity contribution in [2.24, 2.45) is 0 Å². The molecule has 0 bridgehead atoms. The number of hydrogen-bond donors (Lipinski definition) is 5. The molecule has 0 spiro atoms. The predicted molar refractivity (Wildman–Crippen MR) is 145 cm³/mol. The zero-order valence-corrected chi connectivity index (χ0v) is 22.8. The van der Waals surface area contributed by atoms with Gasteiger partial charge >= 0.3 is 0 Å². The van der Waals surface area contributed by atoms with E-state index in [1.54, 1.807) is 49.2 Å². The number of aliphatic hydroxyl groups is 4. The molecule has 0 aliphatic heterocycles. The van der Waals surface area contributed by atoms with Gasteiger partial charge in [0.05, 0.1) is 0 Å². The zero-order valence-electron chi connectivity index (χ0n) is 22.8. The number of likely N-dealkylation sites (N-methyl/N-ethyl adjacent to an activating group) is 1. The van der Waals surface area contributed by atoms with Gasteiger partial charge in [0.1, 0.15) is 24.9 Å². The highest BCUT2D eigenvalue weighted by molar-refractivity contribution is 5.99. The molecule has 2 rings (SSSR count). The Hall–Kier alpha value is -3.02. The standard InChI is InChI=1S/C28H41N3O7/c1-6-11-31(12-7-2)27(36)21-14-19(4)13-20(16-21)26(35)29-38-17-23(32)24(33)25(34)28(37)30(5)22-10-8-9-18(3)15-22/h8-10,13-16,23-25,28,32-34,37H,6-7,11-12,17H2,1-5H3,(H,29,35)/t23-,24-,25-,28?/m0/s1. The van der Waals surface area contributed by atoms with Crippen molar-refractivity contribution in [3.8, 4) is 0 Å². The van der Waals surface area contributed by atoms with Gasteiger partial charge in [0.2, 0.25) is 0 Å². The lowest BCUT2D eigenvalue weighted by atomic mass is 10.0. The molecule has 0 aliphatic rings. The van der Waals surface area contributed by atoms with E-state index in [1.165, 1.54) is 11.0 Å². The van der Waals surface area contributed by atoms with E-state index in [-0.39, 0.29) is 11.5 Å². The van der Waals surface area contributed by atoms with E-state index in [4.69, 9.17) is 4.84 Å². The SMILES string of the molecule is CCCN(CCC)C(=O)c1cc(C)cc(C(=O)NOC[C@H](O)[C@H](O)[C@H](O)C(O)N(C)c2cccc(C)c2)c1. The van der Waals surface area contributed by atoms with Gasteiger partial charge in [-0.2, -0.15) is 0 Å². The van der Waals surface area contributed by atoms with Crippen LogP contribution in [-0.2, 0) is 4.84 Å². The number of nitrogens with one attached hydrogen (secondary N) is 1. The molecule has 2 aromatic carbocycles. The Kier molecular flexibility index (Phi) is 12.1. The minimum absolute atomic E-state index is 0.158. The van der Waals surface area contributed by atoms with E-state index in [0.717, 1.165) is 24.0 Å². The maximum atomic E-state index is 13.0. The molecule has 210 valence electrons. The van der Waals surface area contributed by atoms with Crippen molar-refractivity contribution in [2.45, 2.75) is 65.1 Å². The summed E-state index contributed by atoms with van der Waals surface area (Å²) in [5.74, 6) is -0.796. The fourth-order valence-electron chi connectivity index (χ4n) is 4.06. The highest BCUT2D eigenvalue weighted by Crippen LogP contribution is 2.19. The van der Waals surface area contributed by atoms with Gasteiger partial charge in [-0.3, -0.25) is 14.4 Å². The Balaban J connectivity index is 1.96. The smallest absolute Gasteiger partial charge is 0.274 e. The summed E-state index contributed by atoms with van der Waals surface area (Å²) in [5.41, 5.74) is 5.07. The molecule has 0 saturated carbocycles. The second-order valence-electron chi connectivity index (χ2n) is 9.53. The maximum Gasteiger partial charge on any atom is 0.274 e. The summed E-state index contributed by atoms with van der Waals surface area (Å²) in [6, 6.07) is 12.0. The Morgan fingerprint density at radius 3 is 2.13 bits per heavy atom. The number of aliphatic hydroxyl groups excluding tert-OH is 4. The summed E-state index contributed by atoms with van der Waals surface area (Å²) < 4.78 is 0. The summed E-state index contributed by atoms with van der Waals surface area (Å²) in [6.45, 7) is 8.33. The Morgan fingerprint density at radius 1 is 0.895 bits per heavy atom. The van der Waals surface area contributed by atoms with Gasteiger partial charge in [0.25, 0.3) is 11.8 Å². The molecule has 2 aromatic rings. The number of anilines is 1. The van der Waals surface area contributed by atoms with E-state index in [2.05, 4.69) is 5.48 Å². The van der Waals surface area contributed by atoms with Crippen LogP contribution in [0.15, 0.2) is 42.5 Å². The first-order valence-electron chi connectivity index (χ1n) is 12.8. The Bertz CT molecular complexity index is 1060. The first-order valence-corrected chi connectivity index (χ1v) is 12.8. The van der Waals surface area contributed by atoms with Gasteiger partial charge in [-0.1, -0.05) is 26.0 Å². The van der Waals surface area contributed by atoms with Gasteiger partial charge in [-0.25, -0.2) is 5.48 Å². The average molecular weight is 532 g/mol. The minimum atomic E-state index is -1.76. The number of benzene rings is 2. The van der Waals surface area contributed by atoms with Crippen LogP contribution >= 0.6 is 0 Å². The summed E-state index contributed by atoms with van der Waals surface area (Å²) in [6.07, 6.45) is -4.98. The van der Waals surface area contributed by atoms with Gasteiger partial charge in [-0.15, -0.1) is 0 Å². The maximum absolute atomic E-state index is 13.0. The van der Waals surface area contributed by atoms with Crippen LogP contribution in [0.3, 0.4) is 0 Å². The molecule has 38 heavy (non-hydrogen) atoms. The van der Waals surface area contributed by atoms with Gasteiger partial charge in [0, 0.05) is 37.0 Å². The van der Waals surface area contributed by atoms with Crippen LogP contribution in [0.1, 0.15) is 58.5 Å². The lowest BCUT2D eigenvalue weighted by Gasteiger charge is -2.33. The van der Waals surface area contributed by atoms with Gasteiger partial charge in [-0.05, 0) is 68.1 Å². The minimum Gasteiger partial charge on any atom is -0.388 e. The predicted octanol–water partition coefficient (Wildman–Crippen LogP) is 1.76. The molecule has 1 unspecified atom stereocenters. The van der Waals surface area contributed by atoms with Crippen LogP contribution < -0.4 is 10.4 Å². The molecule has 10 nitrogen and oxygen atoms in total. The lowest BCUT2D eigenvalue weighted by Crippen LogP contribution is -2.52. The molecule has 10 heteroatoms. The molecule has 2 amide bonds. The van der Waals surface area contributed by atoms with E-state index in [0.29, 0.717) is 24.3 Å². The summed E-state index contributed by atoms with van der Waals surface area (Å²) in [4.78, 5) is 33.8. The normalized spacial score (nSPS) is 14.3. The molecular formula is C28H41N3O7. The van der Waals surface area contributed by atoms with Crippen molar-refractivity contribution in [1.82, 2.24) is 10.4 Å². The van der Waals surface area contributed by atoms with Gasteiger partial charge in [0.15, 0.2) is 6.23 Å². The van der Waals surface area contributed by atoms with E-state index in [1.807, 2.05) is 26.8 Å². The van der Waals surface area contributed by atoms with Crippen molar-refractivity contribution in [3.05, 3.63) is 64.7 Å². The van der Waals surface area contributed by atoms with Crippen LogP contribution in [0.4, 0.5) is 5.69 Å². The average Bonchev–Trinajstić information content (AvgIpc) is 2.90. The first kappa shape index (κ1) is 31.2. The highest BCUT2D eigenvalue weighted by Gasteiger charge is 2.33. The van der Waals surface area contributed by atoms with Crippen LogP contribution in [0.2, 0.25) is 0 Å². The van der Waals surface area contributed by atoms with E-state index >= 15 is 0 Å². The van der Waals surface area contributed by atoms with Crippen molar-refractivity contribution < 1.29 is 34.9 Å². The molecule has 0 heterocycles. The fourth-order valence-corrected chi connectivity index (χ4v) is 4.06. The second kappa shape index (κ2) is 14.8. The lowest BCUT2D eigenvalue weighted by molar-refractivity contribution is -0.127. The molecule has 0 radical (unpaired) electrons. The van der Waals surface area contributed by atoms with Crippen molar-refractivity contribution in [3.63, 3.8) is 0 Å². The number of hydroxylamine groups is 1. The van der Waals surface area contributed by atoms with Crippen molar-refractivity contribution in [2.75, 3.05) is 31.6 Å².